The number of hydrogen-bond donors (Lipinski definition) is 1. The Balaban J connectivity index is 1.58. The van der Waals surface area contributed by atoms with Crippen LogP contribution in [-0.4, -0.2) is 34.8 Å². The van der Waals surface area contributed by atoms with E-state index < -0.39 is 6.10 Å². The Hall–Kier alpha value is -1.59. The Bertz CT molecular complexity index is 771. The Kier molecular flexibility index (Phi) is 4.93. The van der Waals surface area contributed by atoms with Crippen LogP contribution in [0.2, 0.25) is 0 Å². The second kappa shape index (κ2) is 7.10. The molecule has 0 spiro atoms. The van der Waals surface area contributed by atoms with Crippen molar-refractivity contribution in [3.05, 3.63) is 42.0 Å². The number of Topliss-reactive ketones (excluding diaryl/α,β-unsaturated/α-hetero) is 1. The number of carbonyl (C=O) groups is 2. The highest BCUT2D eigenvalue weighted by atomic mass is 32.2. The van der Waals surface area contributed by atoms with Crippen molar-refractivity contribution in [2.45, 2.75) is 43.8 Å². The van der Waals surface area contributed by atoms with Gasteiger partial charge >= 0.3 is 5.97 Å². The lowest BCUT2D eigenvalue weighted by molar-refractivity contribution is -0.146. The largest absolute Gasteiger partial charge is 0.461 e. The highest BCUT2D eigenvalue weighted by molar-refractivity contribution is 7.99. The average Bonchev–Trinajstić information content (AvgIpc) is 3.08. The molecule has 0 amide bonds. The number of fused-ring (bicyclic) bond motifs is 3. The standard InChI is InChI=1S/C22H26O4S/c1-11-4-6-14(7-5-11)27-10-16-20-18(24)8-12(2)15-9-17(23)13(3)19(15)21(20)26-22(16)25/h4-7,13,15-16,18-21,24H,2,8-10H2,1,3H3/t13-,15+,16+,18+,19+,20-,21-/m1/s1. The predicted octanol–water partition coefficient (Wildman–Crippen LogP) is 3.41. The number of thioether (sulfide) groups is 1. The number of rotatable bonds is 3. The molecule has 1 N–H and O–H groups in total. The first-order valence-corrected chi connectivity index (χ1v) is 10.6. The van der Waals surface area contributed by atoms with E-state index in [2.05, 4.69) is 30.8 Å². The van der Waals surface area contributed by atoms with Crippen LogP contribution in [0, 0.1) is 36.5 Å². The summed E-state index contributed by atoms with van der Waals surface area (Å²) in [6.07, 6.45) is -0.127. The molecule has 1 aromatic carbocycles. The summed E-state index contributed by atoms with van der Waals surface area (Å²) in [5, 5.41) is 10.9. The van der Waals surface area contributed by atoms with Gasteiger partial charge in [-0.15, -0.1) is 11.8 Å². The topological polar surface area (TPSA) is 63.6 Å². The Morgan fingerprint density at radius 1 is 1.19 bits per heavy atom. The Morgan fingerprint density at radius 2 is 1.89 bits per heavy atom. The summed E-state index contributed by atoms with van der Waals surface area (Å²) in [5.74, 6) is -0.246. The van der Waals surface area contributed by atoms with Gasteiger partial charge in [0.1, 0.15) is 11.9 Å². The highest BCUT2D eigenvalue weighted by Gasteiger charge is 2.58. The van der Waals surface area contributed by atoms with Crippen molar-refractivity contribution in [2.75, 3.05) is 5.75 Å². The second-order valence-electron chi connectivity index (χ2n) is 8.28. The number of hydrogen-bond acceptors (Lipinski definition) is 5. The van der Waals surface area contributed by atoms with Crippen molar-refractivity contribution in [2.24, 2.45) is 29.6 Å². The van der Waals surface area contributed by atoms with Gasteiger partial charge in [-0.3, -0.25) is 9.59 Å². The summed E-state index contributed by atoms with van der Waals surface area (Å²) in [5.41, 5.74) is 2.13. The van der Waals surface area contributed by atoms with E-state index >= 15 is 0 Å². The molecule has 144 valence electrons. The van der Waals surface area contributed by atoms with Gasteiger partial charge in [-0.25, -0.2) is 0 Å². The molecule has 0 radical (unpaired) electrons. The van der Waals surface area contributed by atoms with Crippen molar-refractivity contribution in [1.82, 2.24) is 0 Å². The van der Waals surface area contributed by atoms with E-state index in [1.165, 1.54) is 5.56 Å². The number of aliphatic hydroxyl groups excluding tert-OH is 1. The zero-order chi connectivity index (χ0) is 19.3. The third-order valence-corrected chi connectivity index (χ3v) is 7.77. The number of ketones is 1. The Labute approximate surface area is 164 Å². The smallest absolute Gasteiger partial charge is 0.310 e. The Morgan fingerprint density at radius 3 is 2.59 bits per heavy atom. The molecule has 1 heterocycles. The van der Waals surface area contributed by atoms with E-state index in [1.54, 1.807) is 11.8 Å². The van der Waals surface area contributed by atoms with Crippen LogP contribution in [0.5, 0.6) is 0 Å². The van der Waals surface area contributed by atoms with E-state index in [9.17, 15) is 14.7 Å². The molecule has 5 heteroatoms. The molecule has 3 aliphatic rings. The quantitative estimate of drug-likeness (QED) is 0.490. The fourth-order valence-corrected chi connectivity index (χ4v) is 6.15. The van der Waals surface area contributed by atoms with Crippen molar-refractivity contribution in [3.8, 4) is 0 Å². The lowest BCUT2D eigenvalue weighted by Crippen LogP contribution is -2.38. The summed E-state index contributed by atoms with van der Waals surface area (Å²) < 4.78 is 5.81. The number of ether oxygens (including phenoxy) is 1. The van der Waals surface area contributed by atoms with Crippen molar-refractivity contribution in [1.29, 1.82) is 0 Å². The van der Waals surface area contributed by atoms with Crippen LogP contribution in [0.1, 0.15) is 25.3 Å². The maximum absolute atomic E-state index is 12.7. The number of benzene rings is 1. The third-order valence-electron chi connectivity index (χ3n) is 6.64. The first-order valence-electron chi connectivity index (χ1n) is 9.65. The van der Waals surface area contributed by atoms with Crippen LogP contribution in [-0.2, 0) is 14.3 Å². The highest BCUT2D eigenvalue weighted by Crippen LogP contribution is 2.52. The second-order valence-corrected chi connectivity index (χ2v) is 9.38. The molecule has 1 aromatic rings. The normalized spacial score (nSPS) is 38.3. The van der Waals surface area contributed by atoms with Gasteiger partial charge in [-0.1, -0.05) is 36.8 Å². The molecule has 1 saturated heterocycles. The van der Waals surface area contributed by atoms with Gasteiger partial charge in [0.2, 0.25) is 0 Å². The summed E-state index contributed by atoms with van der Waals surface area (Å²) in [7, 11) is 0. The van der Waals surface area contributed by atoms with E-state index in [1.807, 2.05) is 13.8 Å². The lowest BCUT2D eigenvalue weighted by atomic mass is 9.77. The van der Waals surface area contributed by atoms with Crippen molar-refractivity contribution < 1.29 is 19.4 Å². The minimum Gasteiger partial charge on any atom is -0.461 e. The van der Waals surface area contributed by atoms with E-state index in [4.69, 9.17) is 4.74 Å². The molecular weight excluding hydrogens is 360 g/mol. The number of carbonyl (C=O) groups excluding carboxylic acids is 2. The molecule has 0 bridgehead atoms. The summed E-state index contributed by atoms with van der Waals surface area (Å²) in [4.78, 5) is 26.1. The molecule has 1 aliphatic heterocycles. The molecule has 3 fully saturated rings. The molecule has 2 saturated carbocycles. The van der Waals surface area contributed by atoms with Gasteiger partial charge in [0.15, 0.2) is 0 Å². The zero-order valence-electron chi connectivity index (χ0n) is 15.8. The fourth-order valence-electron chi connectivity index (χ4n) is 5.10. The minimum atomic E-state index is -0.648. The maximum atomic E-state index is 12.7. The number of esters is 1. The summed E-state index contributed by atoms with van der Waals surface area (Å²) in [6.45, 7) is 8.12. The van der Waals surface area contributed by atoms with Crippen LogP contribution in [0.25, 0.3) is 0 Å². The van der Waals surface area contributed by atoms with Gasteiger partial charge < -0.3 is 9.84 Å². The van der Waals surface area contributed by atoms with Gasteiger partial charge in [0.25, 0.3) is 0 Å². The molecule has 7 atom stereocenters. The molecule has 0 aromatic heterocycles. The molecule has 0 unspecified atom stereocenters. The van der Waals surface area contributed by atoms with Gasteiger partial charge in [-0.2, -0.15) is 0 Å². The van der Waals surface area contributed by atoms with E-state index in [0.29, 0.717) is 18.6 Å². The fraction of sp³-hybridized carbons (Fsp3) is 0.545. The number of aryl methyl sites for hydroxylation is 1. The number of aliphatic hydroxyl groups is 1. The SMILES string of the molecule is C=C1C[C@H](O)[C@@H]2[C@H](OC(=O)[C@H]2CSc2ccc(C)cc2)[C@H]2[C@H](C)C(=O)C[C@@H]12. The average molecular weight is 387 g/mol. The van der Waals surface area contributed by atoms with Crippen LogP contribution in [0.4, 0.5) is 0 Å². The maximum Gasteiger partial charge on any atom is 0.310 e. The van der Waals surface area contributed by atoms with Crippen LogP contribution in [0.3, 0.4) is 0 Å². The van der Waals surface area contributed by atoms with Crippen molar-refractivity contribution in [3.63, 3.8) is 0 Å². The zero-order valence-corrected chi connectivity index (χ0v) is 16.6. The minimum absolute atomic E-state index is 0.0217. The van der Waals surface area contributed by atoms with Crippen LogP contribution < -0.4 is 0 Å². The first-order chi connectivity index (χ1) is 12.9. The molecular formula is C22H26O4S. The molecule has 4 nitrogen and oxygen atoms in total. The van der Waals surface area contributed by atoms with Gasteiger partial charge in [-0.05, 0) is 31.4 Å². The van der Waals surface area contributed by atoms with E-state index in [-0.39, 0.29) is 47.4 Å². The van der Waals surface area contributed by atoms with Crippen LogP contribution >= 0.6 is 11.8 Å². The molecule has 4 rings (SSSR count). The third kappa shape index (κ3) is 3.25. The van der Waals surface area contributed by atoms with E-state index in [0.717, 1.165) is 10.5 Å². The van der Waals surface area contributed by atoms with Gasteiger partial charge in [0, 0.05) is 34.8 Å². The summed E-state index contributed by atoms with van der Waals surface area (Å²) in [6, 6.07) is 8.21. The predicted molar refractivity (Wildman–Crippen MR) is 104 cm³/mol. The monoisotopic (exact) mass is 386 g/mol. The lowest BCUT2D eigenvalue weighted by Gasteiger charge is -2.29. The first kappa shape index (κ1) is 18.8. The molecule has 2 aliphatic carbocycles. The summed E-state index contributed by atoms with van der Waals surface area (Å²) >= 11 is 1.62. The van der Waals surface area contributed by atoms with Crippen molar-refractivity contribution >= 4 is 23.5 Å². The van der Waals surface area contributed by atoms with Gasteiger partial charge in [0.05, 0.1) is 12.0 Å². The molecule has 27 heavy (non-hydrogen) atoms. The van der Waals surface area contributed by atoms with Crippen LogP contribution in [0.15, 0.2) is 41.3 Å².